The highest BCUT2D eigenvalue weighted by molar-refractivity contribution is 7.94. The molecule has 2 N–H and O–H groups in total. The van der Waals surface area contributed by atoms with E-state index in [4.69, 9.17) is 0 Å². The fraction of sp³-hybridized carbons (Fsp3) is 0. The Balaban J connectivity index is 2.27. The van der Waals surface area contributed by atoms with Crippen LogP contribution >= 0.6 is 11.3 Å². The first-order chi connectivity index (χ1) is 6.68. The maximum Gasteiger partial charge on any atom is 0.290 e. The largest absolute Gasteiger partial charge is 0.290 e. The minimum Gasteiger partial charge on any atom is -0.262 e. The summed E-state index contributed by atoms with van der Waals surface area (Å²) in [6, 6.07) is 1.52. The first-order valence-electron chi connectivity index (χ1n) is 3.60. The van der Waals surface area contributed by atoms with E-state index in [1.54, 1.807) is 5.38 Å². The lowest BCUT2D eigenvalue weighted by Crippen LogP contribution is -2.12. The van der Waals surface area contributed by atoms with Crippen molar-refractivity contribution >= 4 is 27.2 Å². The number of hydrogen-bond donors (Lipinski definition) is 2. The average Bonchev–Trinajstić information content (AvgIpc) is 2.71. The van der Waals surface area contributed by atoms with E-state index in [1.807, 2.05) is 0 Å². The van der Waals surface area contributed by atoms with Gasteiger partial charge in [-0.05, 0) is 0 Å². The highest BCUT2D eigenvalue weighted by Gasteiger charge is 2.17. The molecule has 0 aliphatic heterocycles. The van der Waals surface area contributed by atoms with Gasteiger partial charge in [0.2, 0.25) is 4.34 Å². The summed E-state index contributed by atoms with van der Waals surface area (Å²) in [7, 11) is -3.55. The molecule has 0 saturated heterocycles. The van der Waals surface area contributed by atoms with E-state index in [0.717, 1.165) is 11.3 Å². The third-order valence-corrected chi connectivity index (χ3v) is 3.95. The SMILES string of the molecule is O=S(=O)(Nc1ccn[nH]1)c1nccs1. The molecule has 0 atom stereocenters. The standard InChI is InChI=1S/C6H6N4O2S2/c11-14(12,6-7-3-4-13-6)10-5-1-2-8-9-5/h1-4H,(H2,8,9,10). The molecule has 0 fully saturated rings. The van der Waals surface area contributed by atoms with Crippen molar-refractivity contribution in [2.24, 2.45) is 0 Å². The molecule has 0 aliphatic carbocycles. The van der Waals surface area contributed by atoms with Crippen LogP contribution in [0.2, 0.25) is 0 Å². The summed E-state index contributed by atoms with van der Waals surface area (Å²) in [6.07, 6.45) is 2.89. The molecule has 0 saturated carbocycles. The van der Waals surface area contributed by atoms with Crippen LogP contribution in [-0.4, -0.2) is 23.6 Å². The summed E-state index contributed by atoms with van der Waals surface area (Å²) in [6.45, 7) is 0. The number of H-pyrrole nitrogens is 1. The van der Waals surface area contributed by atoms with Gasteiger partial charge in [0.15, 0.2) is 0 Å². The predicted octanol–water partition coefficient (Wildman–Crippen LogP) is 0.667. The van der Waals surface area contributed by atoms with Crippen LogP contribution in [0.4, 0.5) is 5.82 Å². The summed E-state index contributed by atoms with van der Waals surface area (Å²) >= 11 is 1.06. The molecule has 6 nitrogen and oxygen atoms in total. The van der Waals surface area contributed by atoms with Gasteiger partial charge in [-0.1, -0.05) is 0 Å². The van der Waals surface area contributed by atoms with Crippen molar-refractivity contribution in [1.82, 2.24) is 15.2 Å². The van der Waals surface area contributed by atoms with Crippen molar-refractivity contribution in [2.45, 2.75) is 4.34 Å². The molecule has 0 unspecified atom stereocenters. The average molecular weight is 230 g/mol. The van der Waals surface area contributed by atoms with Crippen LogP contribution in [0.15, 0.2) is 28.2 Å². The van der Waals surface area contributed by atoms with Gasteiger partial charge in [-0.25, -0.2) is 4.98 Å². The molecule has 14 heavy (non-hydrogen) atoms. The van der Waals surface area contributed by atoms with Gasteiger partial charge < -0.3 is 0 Å². The lowest BCUT2D eigenvalue weighted by molar-refractivity contribution is 0.600. The maximum atomic E-state index is 11.5. The van der Waals surface area contributed by atoms with E-state index in [-0.39, 0.29) is 4.34 Å². The van der Waals surface area contributed by atoms with Crippen LogP contribution in [0.3, 0.4) is 0 Å². The van der Waals surface area contributed by atoms with Crippen LogP contribution < -0.4 is 4.72 Å². The van der Waals surface area contributed by atoms with Gasteiger partial charge >= 0.3 is 0 Å². The highest BCUT2D eigenvalue weighted by atomic mass is 32.2. The number of aromatic nitrogens is 3. The second-order valence-electron chi connectivity index (χ2n) is 2.37. The fourth-order valence-electron chi connectivity index (χ4n) is 0.844. The quantitative estimate of drug-likeness (QED) is 0.811. The Labute approximate surface area is 84.1 Å². The van der Waals surface area contributed by atoms with Crippen LogP contribution in [0.5, 0.6) is 0 Å². The highest BCUT2D eigenvalue weighted by Crippen LogP contribution is 2.15. The molecule has 2 aromatic heterocycles. The summed E-state index contributed by atoms with van der Waals surface area (Å²) < 4.78 is 25.4. The zero-order valence-corrected chi connectivity index (χ0v) is 8.47. The summed E-state index contributed by atoms with van der Waals surface area (Å²) in [5.41, 5.74) is 0. The Morgan fingerprint density at radius 3 is 2.86 bits per heavy atom. The van der Waals surface area contributed by atoms with Gasteiger partial charge in [0.25, 0.3) is 10.0 Å². The van der Waals surface area contributed by atoms with Gasteiger partial charge in [-0.15, -0.1) is 11.3 Å². The third-order valence-electron chi connectivity index (χ3n) is 1.38. The Morgan fingerprint density at radius 1 is 1.43 bits per heavy atom. The Kier molecular flexibility index (Phi) is 2.22. The van der Waals surface area contributed by atoms with Gasteiger partial charge in [0.1, 0.15) is 5.82 Å². The number of sulfonamides is 1. The van der Waals surface area contributed by atoms with E-state index >= 15 is 0 Å². The van der Waals surface area contributed by atoms with Crippen LogP contribution in [-0.2, 0) is 10.0 Å². The molecule has 0 bridgehead atoms. The molecular weight excluding hydrogens is 224 g/mol. The fourth-order valence-corrected chi connectivity index (χ4v) is 2.69. The molecule has 0 spiro atoms. The monoisotopic (exact) mass is 230 g/mol. The number of aromatic amines is 1. The molecule has 2 rings (SSSR count). The van der Waals surface area contributed by atoms with Crippen molar-refractivity contribution in [2.75, 3.05) is 4.72 Å². The maximum absolute atomic E-state index is 11.5. The van der Waals surface area contributed by atoms with Crippen LogP contribution in [0.25, 0.3) is 0 Å². The van der Waals surface area contributed by atoms with E-state index in [2.05, 4.69) is 19.9 Å². The molecule has 2 heterocycles. The van der Waals surface area contributed by atoms with Gasteiger partial charge in [0.05, 0.1) is 6.20 Å². The zero-order valence-electron chi connectivity index (χ0n) is 6.84. The number of anilines is 1. The Bertz CT molecular complexity index is 488. The second kappa shape index (κ2) is 3.39. The van der Waals surface area contributed by atoms with Gasteiger partial charge in [0, 0.05) is 17.6 Å². The van der Waals surface area contributed by atoms with Crippen molar-refractivity contribution in [3.63, 3.8) is 0 Å². The molecule has 0 amide bonds. The van der Waals surface area contributed by atoms with E-state index in [1.165, 1.54) is 18.5 Å². The molecule has 0 aromatic carbocycles. The van der Waals surface area contributed by atoms with Crippen LogP contribution in [0, 0.1) is 0 Å². The second-order valence-corrected chi connectivity index (χ2v) is 5.12. The smallest absolute Gasteiger partial charge is 0.262 e. The summed E-state index contributed by atoms with van der Waals surface area (Å²) in [5.74, 6) is 0.320. The molecule has 74 valence electrons. The van der Waals surface area contributed by atoms with Crippen molar-refractivity contribution < 1.29 is 8.42 Å². The van der Waals surface area contributed by atoms with E-state index < -0.39 is 10.0 Å². The molecule has 0 aliphatic rings. The summed E-state index contributed by atoms with van der Waals surface area (Å²) in [4.78, 5) is 3.70. The minimum absolute atomic E-state index is 0.0344. The van der Waals surface area contributed by atoms with Gasteiger partial charge in [-0.3, -0.25) is 9.82 Å². The van der Waals surface area contributed by atoms with E-state index in [9.17, 15) is 8.42 Å². The number of nitrogens with zero attached hydrogens (tertiary/aromatic N) is 2. The first kappa shape index (κ1) is 9.16. The lowest BCUT2D eigenvalue weighted by Gasteiger charge is -2.00. The Hall–Kier alpha value is -1.41. The third kappa shape index (κ3) is 1.75. The van der Waals surface area contributed by atoms with Gasteiger partial charge in [-0.2, -0.15) is 13.5 Å². The van der Waals surface area contributed by atoms with Crippen LogP contribution in [0.1, 0.15) is 0 Å². The van der Waals surface area contributed by atoms with E-state index in [0.29, 0.717) is 5.82 Å². The lowest BCUT2D eigenvalue weighted by atomic mass is 10.7. The van der Waals surface area contributed by atoms with Crippen molar-refractivity contribution in [3.05, 3.63) is 23.8 Å². The molecule has 8 heteroatoms. The Morgan fingerprint density at radius 2 is 2.29 bits per heavy atom. The summed E-state index contributed by atoms with van der Waals surface area (Å²) in [5, 5.41) is 7.71. The first-order valence-corrected chi connectivity index (χ1v) is 5.96. The number of rotatable bonds is 3. The zero-order chi connectivity index (χ0) is 10.0. The normalized spacial score (nSPS) is 11.4. The number of nitrogens with one attached hydrogen (secondary N) is 2. The number of thiazole rings is 1. The predicted molar refractivity (Wildman–Crippen MR) is 51.5 cm³/mol. The van der Waals surface area contributed by atoms with Crippen molar-refractivity contribution in [3.8, 4) is 0 Å². The molecule has 2 aromatic rings. The minimum atomic E-state index is -3.55. The molecule has 0 radical (unpaired) electrons. The molecular formula is C6H6N4O2S2. The van der Waals surface area contributed by atoms with Crippen molar-refractivity contribution in [1.29, 1.82) is 0 Å². The number of hydrogen-bond acceptors (Lipinski definition) is 5. The topological polar surface area (TPSA) is 87.7 Å².